The van der Waals surface area contributed by atoms with E-state index in [-0.39, 0.29) is 9.90 Å². The molecular weight excluding hydrogens is 314 g/mol. The molecule has 9 heteroatoms. The Morgan fingerprint density at radius 3 is 2.33 bits per heavy atom. The minimum absolute atomic E-state index is 0.0696. The van der Waals surface area contributed by atoms with Crippen molar-refractivity contribution in [1.29, 1.82) is 0 Å². The zero-order chi connectivity index (χ0) is 15.5. The average Bonchev–Trinajstić information content (AvgIpc) is 2.87. The van der Waals surface area contributed by atoms with Crippen molar-refractivity contribution in [3.05, 3.63) is 57.0 Å². The molecule has 112 valence electrons. The molecule has 0 bridgehead atoms. The van der Waals surface area contributed by atoms with Crippen molar-refractivity contribution >= 4 is 26.4 Å². The molecule has 0 unspecified atom stereocenters. The van der Waals surface area contributed by atoms with Crippen LogP contribution in [0.2, 0.25) is 0 Å². The van der Waals surface area contributed by atoms with E-state index in [0.29, 0.717) is 13.1 Å². The summed E-state index contributed by atoms with van der Waals surface area (Å²) in [6.45, 7) is 1.03. The maximum Gasteiger partial charge on any atom is 0.324 e. The lowest BCUT2D eigenvalue weighted by molar-refractivity contribution is -0.380. The summed E-state index contributed by atoms with van der Waals surface area (Å²) >= 11 is 1.12. The van der Waals surface area contributed by atoms with Crippen LogP contribution in [0, 0.1) is 10.1 Å². The number of benzene rings is 1. The van der Waals surface area contributed by atoms with E-state index in [0.717, 1.165) is 21.8 Å². The molecule has 3 N–H and O–H groups in total. The van der Waals surface area contributed by atoms with Crippen LogP contribution in [0.15, 0.2) is 41.3 Å². The number of nitrogens with two attached hydrogens (primary N) is 1. The van der Waals surface area contributed by atoms with Crippen LogP contribution in [0.25, 0.3) is 0 Å². The lowest BCUT2D eigenvalue weighted by atomic mass is 10.2. The molecule has 0 atom stereocenters. The maximum absolute atomic E-state index is 11.1. The molecule has 2 aromatic rings. The highest BCUT2D eigenvalue weighted by atomic mass is 32.2. The third kappa shape index (κ3) is 4.33. The molecule has 0 radical (unpaired) electrons. The first-order valence-corrected chi connectivity index (χ1v) is 8.28. The number of primary sulfonamides is 1. The first-order valence-electron chi connectivity index (χ1n) is 5.92. The van der Waals surface area contributed by atoms with E-state index in [1.165, 1.54) is 18.2 Å². The van der Waals surface area contributed by atoms with Gasteiger partial charge in [0.25, 0.3) is 0 Å². The second kappa shape index (κ2) is 6.31. The van der Waals surface area contributed by atoms with Crippen LogP contribution in [0.1, 0.15) is 10.4 Å². The first kappa shape index (κ1) is 15.6. The second-order valence-corrected chi connectivity index (χ2v) is 7.00. The highest BCUT2D eigenvalue weighted by molar-refractivity contribution is 7.89. The molecule has 0 aliphatic heterocycles. The Hall–Kier alpha value is -1.81. The van der Waals surface area contributed by atoms with Crippen molar-refractivity contribution in [3.8, 4) is 0 Å². The van der Waals surface area contributed by atoms with Gasteiger partial charge in [0.1, 0.15) is 0 Å². The molecule has 1 aromatic heterocycles. The van der Waals surface area contributed by atoms with Crippen molar-refractivity contribution in [1.82, 2.24) is 5.32 Å². The van der Waals surface area contributed by atoms with Gasteiger partial charge in [-0.05, 0) is 23.8 Å². The molecule has 2 rings (SSSR count). The molecule has 0 saturated carbocycles. The summed E-state index contributed by atoms with van der Waals surface area (Å²) in [5.41, 5.74) is 0.897. The van der Waals surface area contributed by atoms with E-state index < -0.39 is 14.9 Å². The molecule has 0 aliphatic carbocycles. The highest BCUT2D eigenvalue weighted by Gasteiger charge is 2.09. The van der Waals surface area contributed by atoms with Crippen molar-refractivity contribution in [2.24, 2.45) is 5.14 Å². The minimum Gasteiger partial charge on any atom is -0.308 e. The summed E-state index contributed by atoms with van der Waals surface area (Å²) in [4.78, 5) is 11.1. The van der Waals surface area contributed by atoms with Crippen LogP contribution in [-0.4, -0.2) is 13.3 Å². The van der Waals surface area contributed by atoms with Crippen LogP contribution in [0.3, 0.4) is 0 Å². The molecule has 1 aromatic carbocycles. The largest absolute Gasteiger partial charge is 0.324 e. The standard InChI is InChI=1S/C12H13N3O4S2/c13-21(18,19)11-4-1-9(2-5-11)7-14-8-10-3-6-12(20-10)15(16)17/h1-6,14H,7-8H2,(H2,13,18,19). The number of sulfonamides is 1. The molecule has 21 heavy (non-hydrogen) atoms. The Morgan fingerprint density at radius 2 is 1.81 bits per heavy atom. The monoisotopic (exact) mass is 327 g/mol. The molecule has 1 heterocycles. The minimum atomic E-state index is -3.67. The predicted molar refractivity (Wildman–Crippen MR) is 79.3 cm³/mol. The lowest BCUT2D eigenvalue weighted by Crippen LogP contribution is -2.13. The van der Waals surface area contributed by atoms with Gasteiger partial charge in [-0.25, -0.2) is 13.6 Å². The summed E-state index contributed by atoms with van der Waals surface area (Å²) in [6, 6.07) is 9.42. The number of nitrogens with one attached hydrogen (secondary N) is 1. The Balaban J connectivity index is 1.89. The summed E-state index contributed by atoms with van der Waals surface area (Å²) in [7, 11) is -3.67. The number of hydrogen-bond donors (Lipinski definition) is 2. The summed E-state index contributed by atoms with van der Waals surface area (Å²) < 4.78 is 22.2. The second-order valence-electron chi connectivity index (χ2n) is 4.29. The molecule has 0 spiro atoms. The van der Waals surface area contributed by atoms with Crippen molar-refractivity contribution < 1.29 is 13.3 Å². The van der Waals surface area contributed by atoms with Gasteiger partial charge in [-0.15, -0.1) is 0 Å². The van der Waals surface area contributed by atoms with Crippen LogP contribution < -0.4 is 10.5 Å². The third-order valence-electron chi connectivity index (χ3n) is 2.71. The van der Waals surface area contributed by atoms with Gasteiger partial charge in [-0.1, -0.05) is 23.5 Å². The SMILES string of the molecule is NS(=O)(=O)c1ccc(CNCc2ccc([N+](=O)[O-])s2)cc1. The van der Waals surface area contributed by atoms with Gasteiger partial charge in [0.05, 0.1) is 9.82 Å². The molecule has 0 amide bonds. The molecule has 7 nitrogen and oxygen atoms in total. The molecule has 0 aliphatic rings. The van der Waals surface area contributed by atoms with Crippen LogP contribution >= 0.6 is 11.3 Å². The zero-order valence-electron chi connectivity index (χ0n) is 10.9. The smallest absolute Gasteiger partial charge is 0.308 e. The van der Waals surface area contributed by atoms with Gasteiger partial charge < -0.3 is 5.32 Å². The molecule has 0 saturated heterocycles. The Kier molecular flexibility index (Phi) is 4.68. The van der Waals surface area contributed by atoms with E-state index in [9.17, 15) is 18.5 Å². The fourth-order valence-corrected chi connectivity index (χ4v) is 2.99. The maximum atomic E-state index is 11.1. The van der Waals surface area contributed by atoms with Crippen molar-refractivity contribution in [3.63, 3.8) is 0 Å². The van der Waals surface area contributed by atoms with E-state index in [4.69, 9.17) is 5.14 Å². The number of rotatable bonds is 6. The summed E-state index contributed by atoms with van der Waals surface area (Å²) in [6.07, 6.45) is 0. The van der Waals surface area contributed by atoms with Gasteiger partial charge >= 0.3 is 5.00 Å². The van der Waals surface area contributed by atoms with Crippen LogP contribution in [0.4, 0.5) is 5.00 Å². The van der Waals surface area contributed by atoms with Gasteiger partial charge in [-0.3, -0.25) is 10.1 Å². The summed E-state index contributed by atoms with van der Waals surface area (Å²) in [5.74, 6) is 0. The normalized spacial score (nSPS) is 11.5. The van der Waals surface area contributed by atoms with Crippen molar-refractivity contribution in [2.75, 3.05) is 0 Å². The topological polar surface area (TPSA) is 115 Å². The predicted octanol–water partition coefficient (Wildman–Crippen LogP) is 1.59. The Bertz CT molecular complexity index is 738. The van der Waals surface area contributed by atoms with Crippen LogP contribution in [0.5, 0.6) is 0 Å². The van der Waals surface area contributed by atoms with E-state index in [1.807, 2.05) is 0 Å². The van der Waals surface area contributed by atoms with Gasteiger partial charge in [-0.2, -0.15) is 0 Å². The average molecular weight is 327 g/mol. The Morgan fingerprint density at radius 1 is 1.14 bits per heavy atom. The fraction of sp³-hybridized carbons (Fsp3) is 0.167. The molecular formula is C12H13N3O4S2. The third-order valence-corrected chi connectivity index (χ3v) is 4.67. The van der Waals surface area contributed by atoms with E-state index >= 15 is 0 Å². The van der Waals surface area contributed by atoms with Crippen molar-refractivity contribution in [2.45, 2.75) is 18.0 Å². The number of hydrogen-bond acceptors (Lipinski definition) is 6. The number of thiophene rings is 1. The van der Waals surface area contributed by atoms with E-state index in [1.54, 1.807) is 18.2 Å². The Labute approximate surface area is 125 Å². The lowest BCUT2D eigenvalue weighted by Gasteiger charge is -2.04. The number of nitrogens with zero attached hydrogens (tertiary/aromatic N) is 1. The zero-order valence-corrected chi connectivity index (χ0v) is 12.5. The molecule has 0 fully saturated rings. The van der Waals surface area contributed by atoms with Gasteiger partial charge in [0.2, 0.25) is 10.0 Å². The van der Waals surface area contributed by atoms with E-state index in [2.05, 4.69) is 5.32 Å². The quantitative estimate of drug-likeness (QED) is 0.617. The first-order chi connectivity index (χ1) is 9.86. The highest BCUT2D eigenvalue weighted by Crippen LogP contribution is 2.23. The fourth-order valence-electron chi connectivity index (χ4n) is 1.69. The summed E-state index contributed by atoms with van der Waals surface area (Å²) in [5, 5.41) is 18.8. The van der Waals surface area contributed by atoms with Gasteiger partial charge in [0, 0.05) is 24.0 Å². The number of nitro groups is 1. The van der Waals surface area contributed by atoms with Crippen LogP contribution in [-0.2, 0) is 23.1 Å². The van der Waals surface area contributed by atoms with Gasteiger partial charge in [0.15, 0.2) is 0 Å².